The molecule has 2 aliphatic heterocycles. The highest BCUT2D eigenvalue weighted by Crippen LogP contribution is 2.46. The normalized spacial score (nSPS) is 29.9. The van der Waals surface area contributed by atoms with Gasteiger partial charge in [0, 0.05) is 25.0 Å². The smallest absolute Gasteiger partial charge is 0.338 e. The van der Waals surface area contributed by atoms with Crippen LogP contribution in [0.25, 0.3) is 0 Å². The monoisotopic (exact) mass is 521 g/mol. The van der Waals surface area contributed by atoms with E-state index in [4.69, 9.17) is 14.2 Å². The maximum absolute atomic E-state index is 12.4. The molecule has 0 radical (unpaired) electrons. The second kappa shape index (κ2) is 12.4. The van der Waals surface area contributed by atoms with Gasteiger partial charge in [-0.25, -0.2) is 4.79 Å². The maximum atomic E-state index is 12.4. The van der Waals surface area contributed by atoms with Gasteiger partial charge in [0.1, 0.15) is 6.10 Å². The number of epoxide rings is 1. The molecule has 206 valence electrons. The third-order valence-electron chi connectivity index (χ3n) is 7.71. The Morgan fingerprint density at radius 2 is 1.84 bits per heavy atom. The van der Waals surface area contributed by atoms with Crippen LogP contribution in [0.15, 0.2) is 66.3 Å². The third kappa shape index (κ3) is 8.67. The highest BCUT2D eigenvalue weighted by Gasteiger charge is 2.53. The lowest BCUT2D eigenvalue weighted by Crippen LogP contribution is -2.43. The highest BCUT2D eigenvalue weighted by atomic mass is 16.6. The van der Waals surface area contributed by atoms with Gasteiger partial charge >= 0.3 is 5.97 Å². The lowest BCUT2D eigenvalue weighted by Gasteiger charge is -2.38. The second-order valence-electron chi connectivity index (χ2n) is 11.9. The fourth-order valence-corrected chi connectivity index (χ4v) is 5.68. The Kier molecular flexibility index (Phi) is 9.27. The van der Waals surface area contributed by atoms with Gasteiger partial charge in [-0.3, -0.25) is 4.79 Å². The van der Waals surface area contributed by atoms with Crippen LogP contribution in [-0.2, 0) is 19.0 Å². The number of allylic oxidation sites excluding steroid dienone is 3. The molecular weight excluding hydrogens is 478 g/mol. The Morgan fingerprint density at radius 1 is 1.13 bits per heavy atom. The molecule has 1 aliphatic carbocycles. The number of hydrogen-bond donors (Lipinski definition) is 1. The van der Waals surface area contributed by atoms with Crippen LogP contribution in [0.3, 0.4) is 0 Å². The van der Waals surface area contributed by atoms with Crippen molar-refractivity contribution in [2.75, 3.05) is 6.61 Å². The number of nitrogens with one attached hydrogen (secondary N) is 1. The molecule has 38 heavy (non-hydrogen) atoms. The lowest BCUT2D eigenvalue weighted by molar-refractivity contribution is -0.117. The predicted molar refractivity (Wildman–Crippen MR) is 149 cm³/mol. The number of hydrogen-bond acceptors (Lipinski definition) is 5. The Hall–Kier alpha value is -2.70. The third-order valence-corrected chi connectivity index (χ3v) is 7.71. The van der Waals surface area contributed by atoms with E-state index in [1.807, 2.05) is 6.07 Å². The molecule has 2 saturated heterocycles. The molecule has 1 saturated carbocycles. The Morgan fingerprint density at radius 3 is 2.53 bits per heavy atom. The first-order chi connectivity index (χ1) is 18.1. The SMILES string of the molecule is CC(/C=C/[C@@H]1C[C@]2(CO2)CC(C)(C)O1)=C\C[C@H]1CC[C@@H](NC(=O)/C=C\[C@H](C)OC(=O)c2ccccc2)CC1. The minimum Gasteiger partial charge on any atom is -0.455 e. The second-order valence-corrected chi connectivity index (χ2v) is 11.9. The van der Waals surface area contributed by atoms with Crippen molar-refractivity contribution in [3.05, 3.63) is 71.8 Å². The van der Waals surface area contributed by atoms with Gasteiger partial charge in [-0.15, -0.1) is 0 Å². The standard InChI is InChI=1S/C32H43NO5/c1-23(11-18-28-20-32(22-36-32)21-31(3,4)38-28)10-13-25-14-16-27(17-15-25)33-29(34)19-12-24(2)37-30(35)26-8-6-5-7-9-26/h5-12,18-19,24-25,27-28H,13-17,20-22H2,1-4H3,(H,33,34)/b18-11+,19-12-,23-10+/t24-,25-,27+,28+,32+/m0/s1. The topological polar surface area (TPSA) is 77.2 Å². The van der Waals surface area contributed by atoms with E-state index in [2.05, 4.69) is 44.3 Å². The Balaban J connectivity index is 1.14. The van der Waals surface area contributed by atoms with E-state index >= 15 is 0 Å². The summed E-state index contributed by atoms with van der Waals surface area (Å²) in [5, 5.41) is 3.10. The van der Waals surface area contributed by atoms with Gasteiger partial charge in [0.05, 0.1) is 29.5 Å². The van der Waals surface area contributed by atoms with Gasteiger partial charge < -0.3 is 19.5 Å². The van der Waals surface area contributed by atoms with Gasteiger partial charge in [0.2, 0.25) is 5.91 Å². The molecule has 6 nitrogen and oxygen atoms in total. The maximum Gasteiger partial charge on any atom is 0.338 e. The summed E-state index contributed by atoms with van der Waals surface area (Å²) in [6.45, 7) is 9.07. The molecule has 0 unspecified atom stereocenters. The van der Waals surface area contributed by atoms with Crippen molar-refractivity contribution in [2.24, 2.45) is 5.92 Å². The summed E-state index contributed by atoms with van der Waals surface area (Å²) in [6.07, 6.45) is 16.6. The number of esters is 1. The fourth-order valence-electron chi connectivity index (χ4n) is 5.68. The van der Waals surface area contributed by atoms with Gasteiger partial charge in [0.15, 0.2) is 0 Å². The zero-order valence-electron chi connectivity index (χ0n) is 23.3. The van der Waals surface area contributed by atoms with Crippen molar-refractivity contribution in [3.63, 3.8) is 0 Å². The molecule has 0 aromatic heterocycles. The van der Waals surface area contributed by atoms with E-state index in [1.54, 1.807) is 37.3 Å². The van der Waals surface area contributed by atoms with Crippen LogP contribution in [-0.4, -0.2) is 47.9 Å². The largest absolute Gasteiger partial charge is 0.455 e. The quantitative estimate of drug-likeness (QED) is 0.184. The van der Waals surface area contributed by atoms with Gasteiger partial charge in [0.25, 0.3) is 0 Å². The highest BCUT2D eigenvalue weighted by molar-refractivity contribution is 5.90. The number of ether oxygens (including phenoxy) is 3. The number of rotatable bonds is 9. The first-order valence-electron chi connectivity index (χ1n) is 14.0. The van der Waals surface area contributed by atoms with E-state index in [0.29, 0.717) is 11.5 Å². The zero-order valence-corrected chi connectivity index (χ0v) is 23.3. The number of carbonyl (C=O) groups is 2. The van der Waals surface area contributed by atoms with Crippen LogP contribution in [0.5, 0.6) is 0 Å². The summed E-state index contributed by atoms with van der Waals surface area (Å²) in [5.41, 5.74) is 1.67. The van der Waals surface area contributed by atoms with Crippen LogP contribution in [0.2, 0.25) is 0 Å². The predicted octanol–water partition coefficient (Wildman–Crippen LogP) is 6.08. The molecular formula is C32H43NO5. The number of benzene rings is 1. The summed E-state index contributed by atoms with van der Waals surface area (Å²) < 4.78 is 17.4. The molecule has 1 aromatic carbocycles. The summed E-state index contributed by atoms with van der Waals surface area (Å²) in [4.78, 5) is 24.5. The lowest BCUT2D eigenvalue weighted by atomic mass is 9.83. The molecule has 3 atom stereocenters. The van der Waals surface area contributed by atoms with E-state index in [9.17, 15) is 9.59 Å². The number of amides is 1. The molecule has 3 fully saturated rings. The summed E-state index contributed by atoms with van der Waals surface area (Å²) in [6, 6.07) is 9.05. The first-order valence-corrected chi connectivity index (χ1v) is 14.0. The van der Waals surface area contributed by atoms with E-state index < -0.39 is 12.1 Å². The van der Waals surface area contributed by atoms with Crippen LogP contribution in [0, 0.1) is 5.92 Å². The molecule has 1 spiro atoms. The molecule has 4 rings (SSSR count). The summed E-state index contributed by atoms with van der Waals surface area (Å²) in [7, 11) is 0. The van der Waals surface area contributed by atoms with Crippen molar-refractivity contribution in [2.45, 2.75) is 102 Å². The molecule has 6 heteroatoms. The number of carbonyl (C=O) groups excluding carboxylic acids is 2. The van der Waals surface area contributed by atoms with Gasteiger partial charge in [-0.1, -0.05) is 42.0 Å². The fraction of sp³-hybridized carbons (Fsp3) is 0.562. The van der Waals surface area contributed by atoms with Crippen molar-refractivity contribution in [1.82, 2.24) is 5.32 Å². The Bertz CT molecular complexity index is 1040. The molecule has 1 N–H and O–H groups in total. The zero-order chi connectivity index (χ0) is 27.2. The van der Waals surface area contributed by atoms with Crippen LogP contribution >= 0.6 is 0 Å². The van der Waals surface area contributed by atoms with Crippen molar-refractivity contribution < 1.29 is 23.8 Å². The van der Waals surface area contributed by atoms with Crippen LogP contribution < -0.4 is 5.32 Å². The molecule has 1 aromatic rings. The minimum absolute atomic E-state index is 0.0473. The summed E-state index contributed by atoms with van der Waals surface area (Å²) in [5.74, 6) is 0.115. The Labute approximate surface area is 227 Å². The molecule has 0 bridgehead atoms. The molecule has 2 heterocycles. The van der Waals surface area contributed by atoms with Crippen molar-refractivity contribution in [1.29, 1.82) is 0 Å². The minimum atomic E-state index is -0.479. The first kappa shape index (κ1) is 28.3. The molecule has 3 aliphatic rings. The average Bonchev–Trinajstić information content (AvgIpc) is 3.62. The van der Waals surface area contributed by atoms with Gasteiger partial charge in [-0.2, -0.15) is 0 Å². The van der Waals surface area contributed by atoms with Crippen molar-refractivity contribution in [3.8, 4) is 0 Å². The average molecular weight is 522 g/mol. The van der Waals surface area contributed by atoms with Gasteiger partial charge in [-0.05, 0) is 83.9 Å². The van der Waals surface area contributed by atoms with Crippen molar-refractivity contribution >= 4 is 11.9 Å². The van der Waals surface area contributed by atoms with E-state index in [0.717, 1.165) is 51.6 Å². The van der Waals surface area contributed by atoms with E-state index in [1.165, 1.54) is 11.6 Å². The van der Waals surface area contributed by atoms with Crippen LogP contribution in [0.4, 0.5) is 0 Å². The van der Waals surface area contributed by atoms with Crippen LogP contribution in [0.1, 0.15) is 83.0 Å². The van der Waals surface area contributed by atoms with E-state index in [-0.39, 0.29) is 29.3 Å². The summed E-state index contributed by atoms with van der Waals surface area (Å²) >= 11 is 0. The molecule has 1 amide bonds.